The van der Waals surface area contributed by atoms with Gasteiger partial charge in [0.25, 0.3) is 0 Å². The van der Waals surface area contributed by atoms with E-state index in [1.807, 2.05) is 36.4 Å². The van der Waals surface area contributed by atoms with Crippen LogP contribution >= 0.6 is 0 Å². The van der Waals surface area contributed by atoms with E-state index >= 15 is 0 Å². The Morgan fingerprint density at radius 3 is 2.56 bits per heavy atom. The van der Waals surface area contributed by atoms with Crippen LogP contribution in [0.4, 0.5) is 0 Å². The molecule has 27 heavy (non-hydrogen) atoms. The van der Waals surface area contributed by atoms with Gasteiger partial charge in [-0.3, -0.25) is 0 Å². The molecule has 5 rings (SSSR count). The molecule has 3 aromatic carbocycles. The molecule has 0 bridgehead atoms. The lowest BCUT2D eigenvalue weighted by Gasteiger charge is -2.17. The van der Waals surface area contributed by atoms with Gasteiger partial charge in [-0.1, -0.05) is 12.1 Å². The van der Waals surface area contributed by atoms with Crippen LogP contribution in [-0.4, -0.2) is 18.7 Å². The number of aliphatic hydroxyl groups is 1. The van der Waals surface area contributed by atoms with E-state index in [0.29, 0.717) is 23.0 Å². The zero-order valence-electron chi connectivity index (χ0n) is 14.3. The normalized spacial score (nSPS) is 13.8. The molecule has 0 fully saturated rings. The van der Waals surface area contributed by atoms with E-state index in [1.54, 1.807) is 0 Å². The van der Waals surface area contributed by atoms with E-state index in [2.05, 4.69) is 6.07 Å². The van der Waals surface area contributed by atoms with Crippen LogP contribution in [0.2, 0.25) is 0 Å². The number of benzene rings is 3. The fraction of sp³-hybridized carbons (Fsp3) is 0.190. The van der Waals surface area contributed by atoms with E-state index in [9.17, 15) is 10.4 Å². The van der Waals surface area contributed by atoms with Crippen LogP contribution in [0.1, 0.15) is 11.1 Å². The zero-order valence-corrected chi connectivity index (χ0v) is 14.3. The molecule has 0 saturated carbocycles. The quantitative estimate of drug-likeness (QED) is 0.769. The van der Waals surface area contributed by atoms with Crippen LogP contribution in [0, 0.1) is 11.3 Å². The van der Waals surface area contributed by atoms with Crippen LogP contribution in [-0.2, 0) is 13.0 Å². The fourth-order valence-corrected chi connectivity index (χ4v) is 3.74. The van der Waals surface area contributed by atoms with Crippen LogP contribution in [0.25, 0.3) is 21.9 Å². The summed E-state index contributed by atoms with van der Waals surface area (Å²) in [6.07, 6.45) is 0.167. The maximum Gasteiger partial charge on any atom is 0.231 e. The van der Waals surface area contributed by atoms with Crippen LogP contribution < -0.4 is 18.9 Å². The van der Waals surface area contributed by atoms with Crippen molar-refractivity contribution in [2.24, 2.45) is 0 Å². The number of ether oxygens (including phenoxy) is 4. The van der Waals surface area contributed by atoms with Crippen LogP contribution in [0.3, 0.4) is 0 Å². The van der Waals surface area contributed by atoms with Crippen molar-refractivity contribution >= 4 is 10.8 Å². The van der Waals surface area contributed by atoms with Crippen LogP contribution in [0.5, 0.6) is 23.0 Å². The number of hydrogen-bond acceptors (Lipinski definition) is 6. The van der Waals surface area contributed by atoms with Gasteiger partial charge in [-0.05, 0) is 51.9 Å². The second-order valence-electron chi connectivity index (χ2n) is 6.35. The van der Waals surface area contributed by atoms with Gasteiger partial charge in [0.15, 0.2) is 23.0 Å². The summed E-state index contributed by atoms with van der Waals surface area (Å²) in [4.78, 5) is 0. The molecule has 134 valence electrons. The Labute approximate surface area is 155 Å². The van der Waals surface area contributed by atoms with Gasteiger partial charge in [-0.2, -0.15) is 5.26 Å². The maximum absolute atomic E-state index is 9.91. The van der Waals surface area contributed by atoms with Crippen molar-refractivity contribution < 1.29 is 24.1 Å². The molecule has 0 radical (unpaired) electrons. The minimum Gasteiger partial charge on any atom is -0.454 e. The summed E-state index contributed by atoms with van der Waals surface area (Å²) in [5.41, 5.74) is 3.21. The molecule has 0 aromatic heterocycles. The second-order valence-corrected chi connectivity index (χ2v) is 6.35. The molecular formula is C21H15NO5. The molecule has 2 heterocycles. The minimum absolute atomic E-state index is 0.154. The average Bonchev–Trinajstić information content (AvgIpc) is 3.36. The first-order valence-corrected chi connectivity index (χ1v) is 8.55. The van der Waals surface area contributed by atoms with E-state index < -0.39 is 0 Å². The summed E-state index contributed by atoms with van der Waals surface area (Å²) in [5, 5.41) is 21.1. The third kappa shape index (κ3) is 2.36. The smallest absolute Gasteiger partial charge is 0.231 e. The van der Waals surface area contributed by atoms with Gasteiger partial charge in [-0.25, -0.2) is 0 Å². The van der Waals surface area contributed by atoms with Crippen molar-refractivity contribution in [3.63, 3.8) is 0 Å². The lowest BCUT2D eigenvalue weighted by atomic mass is 9.88. The molecule has 6 heteroatoms. The van der Waals surface area contributed by atoms with Gasteiger partial charge >= 0.3 is 0 Å². The number of hydrogen-bond donors (Lipinski definition) is 1. The monoisotopic (exact) mass is 361 g/mol. The highest BCUT2D eigenvalue weighted by Crippen LogP contribution is 2.47. The van der Waals surface area contributed by atoms with Gasteiger partial charge in [0.1, 0.15) is 0 Å². The Hall–Kier alpha value is -3.43. The van der Waals surface area contributed by atoms with Gasteiger partial charge < -0.3 is 24.1 Å². The van der Waals surface area contributed by atoms with Crippen molar-refractivity contribution in [3.05, 3.63) is 47.5 Å². The summed E-state index contributed by atoms with van der Waals surface area (Å²) >= 11 is 0. The molecule has 0 spiro atoms. The Kier molecular flexibility index (Phi) is 3.56. The number of aliphatic hydroxyl groups excluding tert-OH is 1. The third-order valence-corrected chi connectivity index (χ3v) is 4.93. The first-order valence-electron chi connectivity index (χ1n) is 8.55. The molecule has 0 amide bonds. The summed E-state index contributed by atoms with van der Waals surface area (Å²) in [6, 6.07) is 13.6. The second kappa shape index (κ2) is 6.08. The third-order valence-electron chi connectivity index (χ3n) is 4.93. The van der Waals surface area contributed by atoms with E-state index in [-0.39, 0.29) is 26.6 Å². The van der Waals surface area contributed by atoms with Gasteiger partial charge in [0.05, 0.1) is 19.1 Å². The Morgan fingerprint density at radius 2 is 1.70 bits per heavy atom. The van der Waals surface area contributed by atoms with E-state index in [4.69, 9.17) is 18.9 Å². The highest BCUT2D eigenvalue weighted by Gasteiger charge is 2.25. The molecule has 2 aliphatic heterocycles. The first kappa shape index (κ1) is 15.8. The largest absolute Gasteiger partial charge is 0.454 e. The van der Waals surface area contributed by atoms with E-state index in [0.717, 1.165) is 33.0 Å². The average molecular weight is 361 g/mol. The topological polar surface area (TPSA) is 80.9 Å². The van der Waals surface area contributed by atoms with E-state index in [1.165, 1.54) is 0 Å². The Bertz CT molecular complexity index is 1120. The van der Waals surface area contributed by atoms with Crippen molar-refractivity contribution in [3.8, 4) is 40.2 Å². The molecule has 0 saturated heterocycles. The highest BCUT2D eigenvalue weighted by molar-refractivity contribution is 6.05. The molecule has 6 nitrogen and oxygen atoms in total. The highest BCUT2D eigenvalue weighted by atomic mass is 16.7. The van der Waals surface area contributed by atoms with Crippen LogP contribution in [0.15, 0.2) is 36.4 Å². The molecule has 0 aliphatic carbocycles. The summed E-state index contributed by atoms with van der Waals surface area (Å²) in [6.45, 7) is 0.191. The number of fused-ring (bicyclic) bond motifs is 4. The van der Waals surface area contributed by atoms with Crippen molar-refractivity contribution in [1.29, 1.82) is 5.26 Å². The van der Waals surface area contributed by atoms with Gasteiger partial charge in [-0.15, -0.1) is 0 Å². The Morgan fingerprint density at radius 1 is 0.926 bits per heavy atom. The summed E-state index contributed by atoms with van der Waals surface area (Å²) in [5.74, 6) is 2.67. The number of nitrogens with zero attached hydrogens (tertiary/aromatic N) is 1. The van der Waals surface area contributed by atoms with Crippen molar-refractivity contribution in [2.45, 2.75) is 13.0 Å². The SMILES string of the molecule is N#CCc1c(CO)cc2ccc3c(c2c1-c1ccc2c(c1)OCO2)OCO3. The zero-order chi connectivity index (χ0) is 18.4. The predicted molar refractivity (Wildman–Crippen MR) is 96.9 cm³/mol. The predicted octanol–water partition coefficient (Wildman–Crippen LogP) is 3.52. The standard InChI is InChI=1S/C21H15NO5/c22-6-5-15-14(9-23)7-12-2-4-17-21(27-11-25-17)20(12)19(15)13-1-3-16-18(8-13)26-10-24-16/h1-4,7-8,23H,5,9-11H2. The first-order chi connectivity index (χ1) is 13.3. The molecule has 0 unspecified atom stereocenters. The number of rotatable bonds is 3. The maximum atomic E-state index is 9.91. The molecule has 3 aromatic rings. The summed E-state index contributed by atoms with van der Waals surface area (Å²) < 4.78 is 22.2. The minimum atomic E-state index is -0.154. The lowest BCUT2D eigenvalue weighted by molar-refractivity contribution is 0.174. The molecule has 1 N–H and O–H groups in total. The molecular weight excluding hydrogens is 346 g/mol. The summed E-state index contributed by atoms with van der Waals surface area (Å²) in [7, 11) is 0. The van der Waals surface area contributed by atoms with Gasteiger partial charge in [0, 0.05) is 5.39 Å². The molecule has 2 aliphatic rings. The van der Waals surface area contributed by atoms with Gasteiger partial charge in [0.2, 0.25) is 13.6 Å². The lowest BCUT2D eigenvalue weighted by Crippen LogP contribution is -2.00. The number of nitriles is 1. The Balaban J connectivity index is 1.89. The van der Waals surface area contributed by atoms with Crippen molar-refractivity contribution in [1.82, 2.24) is 0 Å². The fourth-order valence-electron chi connectivity index (χ4n) is 3.74. The van der Waals surface area contributed by atoms with Crippen molar-refractivity contribution in [2.75, 3.05) is 13.6 Å². The molecule has 0 atom stereocenters.